The molecule has 204 valence electrons. The molecule has 0 aromatic heterocycles. The van der Waals surface area contributed by atoms with Gasteiger partial charge < -0.3 is 10.6 Å². The van der Waals surface area contributed by atoms with E-state index in [1.165, 1.54) is 0 Å². The highest BCUT2D eigenvalue weighted by molar-refractivity contribution is 5.76. The Balaban J connectivity index is 1.08. The minimum Gasteiger partial charge on any atom is -0.314 e. The van der Waals surface area contributed by atoms with Crippen molar-refractivity contribution in [1.82, 2.24) is 20.4 Å². The lowest BCUT2D eigenvalue weighted by molar-refractivity contribution is -0.539. The summed E-state index contributed by atoms with van der Waals surface area (Å²) in [6, 6.07) is 15.2. The molecule has 12 nitrogen and oxygen atoms in total. The number of rotatable bonds is 8. The largest absolute Gasteiger partial charge is 0.412 e. The maximum absolute atomic E-state index is 12.4. The van der Waals surface area contributed by atoms with Gasteiger partial charge in [-0.15, -0.1) is 0 Å². The average Bonchev–Trinajstić information content (AvgIpc) is 3.52. The smallest absolute Gasteiger partial charge is 0.314 e. The maximum atomic E-state index is 12.4. The van der Waals surface area contributed by atoms with Gasteiger partial charge in [-0.25, -0.2) is 9.59 Å². The van der Waals surface area contributed by atoms with Crippen LogP contribution in [0.25, 0.3) is 0 Å². The number of carbonyl (C=O) groups is 2. The summed E-state index contributed by atoms with van der Waals surface area (Å²) >= 11 is 0. The fourth-order valence-electron chi connectivity index (χ4n) is 5.41. The highest BCUT2D eigenvalue weighted by atomic mass is 16.7. The molecule has 2 aromatic rings. The Morgan fingerprint density at radius 3 is 1.44 bits per heavy atom. The van der Waals surface area contributed by atoms with Gasteiger partial charge in [-0.2, -0.15) is 0 Å². The van der Waals surface area contributed by atoms with Crippen LogP contribution in [-0.4, -0.2) is 109 Å². The first kappa shape index (κ1) is 25.7. The molecule has 0 aliphatic carbocycles. The van der Waals surface area contributed by atoms with Crippen LogP contribution >= 0.6 is 0 Å². The zero-order valence-electron chi connectivity index (χ0n) is 21.9. The Bertz CT molecular complexity index is 1150. The average molecular weight is 535 g/mol. The van der Waals surface area contributed by atoms with Crippen molar-refractivity contribution >= 4 is 23.3 Å². The van der Waals surface area contributed by atoms with E-state index in [2.05, 4.69) is 55.3 Å². The fraction of sp³-hybridized carbons (Fsp3) is 0.481. The molecule has 2 fully saturated rings. The molecule has 0 saturated carbocycles. The maximum Gasteiger partial charge on any atom is 0.412 e. The standard InChI is InChI=1S/C27H34N8O4/c36-26-24(18-32-13-9-28-10-14-32)34(30-38-26)22-5-1-20(2-6-22)17-21-3-7-23(8-4-21)35-25(27(37)39-31-35)19-33-15-11-29-12-16-33/h1-8,24-25,28-29H,9-19H2/q+2. The van der Waals surface area contributed by atoms with Crippen LogP contribution in [0.15, 0.2) is 59.1 Å². The second-order valence-corrected chi connectivity index (χ2v) is 10.3. The predicted octanol–water partition coefficient (Wildman–Crippen LogP) is 0.961. The fourth-order valence-corrected chi connectivity index (χ4v) is 5.41. The van der Waals surface area contributed by atoms with E-state index >= 15 is 0 Å². The SMILES string of the molecule is O=C1ON=[N+](c2ccc(Cc3ccc([N+]4=NOC(=O)C4CN4CCNCC4)cc3)cc2)C1CN1CCNCC1. The van der Waals surface area contributed by atoms with Gasteiger partial charge in [0.05, 0.1) is 13.1 Å². The van der Waals surface area contributed by atoms with Crippen molar-refractivity contribution in [3.8, 4) is 0 Å². The van der Waals surface area contributed by atoms with Crippen molar-refractivity contribution in [3.05, 3.63) is 59.7 Å². The lowest BCUT2D eigenvalue weighted by Crippen LogP contribution is -2.48. The van der Waals surface area contributed by atoms with Gasteiger partial charge in [0.25, 0.3) is 12.1 Å². The number of piperazine rings is 2. The number of benzene rings is 2. The molecule has 0 amide bonds. The molecule has 2 aromatic carbocycles. The molecule has 4 aliphatic heterocycles. The zero-order valence-corrected chi connectivity index (χ0v) is 21.9. The number of nitrogens with zero attached hydrogens (tertiary/aromatic N) is 6. The van der Waals surface area contributed by atoms with Crippen LogP contribution in [0.3, 0.4) is 0 Å². The molecule has 2 atom stereocenters. The molecule has 6 rings (SSSR count). The van der Waals surface area contributed by atoms with Gasteiger partial charge in [0, 0.05) is 76.6 Å². The Labute approximate surface area is 226 Å². The van der Waals surface area contributed by atoms with E-state index < -0.39 is 12.1 Å². The van der Waals surface area contributed by atoms with E-state index in [1.807, 2.05) is 24.3 Å². The van der Waals surface area contributed by atoms with Crippen molar-refractivity contribution in [2.45, 2.75) is 18.5 Å². The Morgan fingerprint density at radius 1 is 0.667 bits per heavy atom. The molecule has 2 N–H and O–H groups in total. The number of hydrogen-bond donors (Lipinski definition) is 2. The lowest BCUT2D eigenvalue weighted by Gasteiger charge is -2.26. The molecule has 4 heterocycles. The quantitative estimate of drug-likeness (QED) is 0.482. The van der Waals surface area contributed by atoms with E-state index in [0.717, 1.165) is 81.3 Å². The number of hydrogen-bond acceptors (Lipinski definition) is 10. The minimum atomic E-state index is -0.441. The van der Waals surface area contributed by atoms with Crippen molar-refractivity contribution in [1.29, 1.82) is 0 Å². The van der Waals surface area contributed by atoms with Gasteiger partial charge in [0.2, 0.25) is 21.9 Å². The zero-order chi connectivity index (χ0) is 26.6. The van der Waals surface area contributed by atoms with Gasteiger partial charge in [-0.3, -0.25) is 19.5 Å². The van der Waals surface area contributed by atoms with Crippen molar-refractivity contribution < 1.29 is 28.7 Å². The second-order valence-electron chi connectivity index (χ2n) is 10.3. The molecule has 0 spiro atoms. The summed E-state index contributed by atoms with van der Waals surface area (Å²) in [5.41, 5.74) is 3.93. The molecule has 4 aliphatic rings. The van der Waals surface area contributed by atoms with Crippen molar-refractivity contribution in [2.24, 2.45) is 10.6 Å². The van der Waals surface area contributed by atoms with Crippen molar-refractivity contribution in [2.75, 3.05) is 65.4 Å². The molecular formula is C27H34N8O4+2. The van der Waals surface area contributed by atoms with Crippen molar-refractivity contribution in [3.63, 3.8) is 0 Å². The minimum absolute atomic E-state index is 0.315. The van der Waals surface area contributed by atoms with Gasteiger partial charge in [-0.1, -0.05) is 24.3 Å². The van der Waals surface area contributed by atoms with E-state index in [-0.39, 0.29) is 11.9 Å². The first-order chi connectivity index (χ1) is 19.1. The van der Waals surface area contributed by atoms with Crippen LogP contribution in [0.4, 0.5) is 11.4 Å². The Morgan fingerprint density at radius 2 is 1.05 bits per heavy atom. The van der Waals surface area contributed by atoms with Gasteiger partial charge in [0.1, 0.15) is 0 Å². The third-order valence-electron chi connectivity index (χ3n) is 7.66. The molecular weight excluding hydrogens is 500 g/mol. The van der Waals surface area contributed by atoms with E-state index in [4.69, 9.17) is 9.68 Å². The molecule has 12 heteroatoms. The summed E-state index contributed by atoms with van der Waals surface area (Å²) in [6.45, 7) is 8.48. The van der Waals surface area contributed by atoms with E-state index in [0.29, 0.717) is 13.1 Å². The number of nitrogens with one attached hydrogen (secondary N) is 2. The third kappa shape index (κ3) is 5.88. The second kappa shape index (κ2) is 11.7. The van der Waals surface area contributed by atoms with Crippen LogP contribution in [0.2, 0.25) is 0 Å². The van der Waals surface area contributed by atoms with Crippen LogP contribution < -0.4 is 10.6 Å². The molecule has 2 saturated heterocycles. The first-order valence-corrected chi connectivity index (χ1v) is 13.6. The molecule has 39 heavy (non-hydrogen) atoms. The lowest BCUT2D eigenvalue weighted by atomic mass is 10.0. The number of carbonyl (C=O) groups excluding carboxylic acids is 2. The van der Waals surface area contributed by atoms with Crippen LogP contribution in [-0.2, 0) is 25.7 Å². The van der Waals surface area contributed by atoms with E-state index in [1.54, 1.807) is 9.39 Å². The summed E-state index contributed by atoms with van der Waals surface area (Å²) in [4.78, 5) is 39.3. The molecule has 0 bridgehead atoms. The topological polar surface area (TPSA) is 114 Å². The summed E-state index contributed by atoms with van der Waals surface area (Å²) in [5.74, 6) is -0.630. The van der Waals surface area contributed by atoms with Crippen LogP contribution in [0, 0.1) is 0 Å². The van der Waals surface area contributed by atoms with Gasteiger partial charge in [-0.05, 0) is 26.9 Å². The highest BCUT2D eigenvalue weighted by Gasteiger charge is 2.44. The summed E-state index contributed by atoms with van der Waals surface area (Å²) in [7, 11) is 0. The first-order valence-electron chi connectivity index (χ1n) is 13.6. The monoisotopic (exact) mass is 534 g/mol. The predicted molar refractivity (Wildman–Crippen MR) is 139 cm³/mol. The van der Waals surface area contributed by atoms with Crippen LogP contribution in [0.1, 0.15) is 11.1 Å². The Kier molecular flexibility index (Phi) is 7.68. The van der Waals surface area contributed by atoms with Gasteiger partial charge >= 0.3 is 11.9 Å². The molecule has 2 unspecified atom stereocenters. The van der Waals surface area contributed by atoms with E-state index in [9.17, 15) is 9.59 Å². The Hall–Kier alpha value is -3.58. The summed E-state index contributed by atoms with van der Waals surface area (Å²) in [6.07, 6.45) is 0.744. The van der Waals surface area contributed by atoms with Crippen LogP contribution in [0.5, 0.6) is 0 Å². The summed E-state index contributed by atoms with van der Waals surface area (Å²) < 4.78 is 3.37. The summed E-state index contributed by atoms with van der Waals surface area (Å²) in [5, 5.41) is 14.7. The normalized spacial score (nSPS) is 24.3. The van der Waals surface area contributed by atoms with Gasteiger partial charge in [0.15, 0.2) is 0 Å². The highest BCUT2D eigenvalue weighted by Crippen LogP contribution is 2.25. The molecule has 0 radical (unpaired) electrons. The third-order valence-corrected chi connectivity index (χ3v) is 7.66.